The summed E-state index contributed by atoms with van der Waals surface area (Å²) in [5, 5.41) is 0.615. The van der Waals surface area contributed by atoms with Gasteiger partial charge in [-0.25, -0.2) is 9.78 Å². The SMILES string of the molecule is C=CCOC(=O)c1sc(N2C(=O)c3oc4ccc(Br)cc4c(=O)c3C2c2ccc(OCCCCCC)cc2)nc1C. The molecule has 0 radical (unpaired) electrons. The topological polar surface area (TPSA) is 98.9 Å². The predicted molar refractivity (Wildman–Crippen MR) is 162 cm³/mol. The molecule has 1 atom stereocenters. The molecular formula is C31H29BrN2O6S. The minimum absolute atomic E-state index is 0.0466. The molecule has 1 aliphatic rings. The van der Waals surface area contributed by atoms with Crippen molar-refractivity contribution in [3.05, 3.63) is 97.3 Å². The highest BCUT2D eigenvalue weighted by atomic mass is 79.9. The first-order chi connectivity index (χ1) is 19.8. The van der Waals surface area contributed by atoms with Crippen LogP contribution in [0.25, 0.3) is 11.0 Å². The Hall–Kier alpha value is -3.76. The maximum atomic E-state index is 13.9. The van der Waals surface area contributed by atoms with Crippen LogP contribution in [0.15, 0.2) is 68.8 Å². The van der Waals surface area contributed by atoms with Gasteiger partial charge in [0.15, 0.2) is 10.6 Å². The summed E-state index contributed by atoms with van der Waals surface area (Å²) < 4.78 is 17.9. The first-order valence-corrected chi connectivity index (χ1v) is 15.0. The molecule has 2 aromatic carbocycles. The fraction of sp³-hybridized carbons (Fsp3) is 0.290. The lowest BCUT2D eigenvalue weighted by molar-refractivity contribution is 0.0554. The number of rotatable bonds is 11. The molecule has 1 amide bonds. The molecule has 10 heteroatoms. The van der Waals surface area contributed by atoms with Crippen LogP contribution in [-0.4, -0.2) is 30.1 Å². The van der Waals surface area contributed by atoms with Crippen molar-refractivity contribution < 1.29 is 23.5 Å². The summed E-state index contributed by atoms with van der Waals surface area (Å²) in [6.45, 7) is 8.08. The number of benzene rings is 2. The number of ether oxygens (including phenoxy) is 2. The van der Waals surface area contributed by atoms with E-state index in [1.807, 2.05) is 24.3 Å². The predicted octanol–water partition coefficient (Wildman–Crippen LogP) is 7.37. The number of esters is 1. The molecule has 0 fully saturated rings. The molecule has 3 heterocycles. The Kier molecular flexibility index (Phi) is 8.70. The van der Waals surface area contributed by atoms with E-state index in [2.05, 4.69) is 34.4 Å². The molecule has 1 aliphatic heterocycles. The largest absolute Gasteiger partial charge is 0.494 e. The minimum Gasteiger partial charge on any atom is -0.494 e. The maximum Gasteiger partial charge on any atom is 0.350 e. The average Bonchev–Trinajstić information content (AvgIpc) is 3.49. The van der Waals surface area contributed by atoms with Crippen LogP contribution in [0.5, 0.6) is 5.75 Å². The number of hydrogen-bond acceptors (Lipinski definition) is 8. The van der Waals surface area contributed by atoms with Gasteiger partial charge in [-0.05, 0) is 49.2 Å². The fourth-order valence-electron chi connectivity index (χ4n) is 4.80. The number of nitrogens with zero attached hydrogens (tertiary/aromatic N) is 2. The number of aryl methyl sites for hydroxylation is 1. The third-order valence-corrected chi connectivity index (χ3v) is 8.43. The average molecular weight is 638 g/mol. The molecule has 0 spiro atoms. The molecule has 212 valence electrons. The molecule has 4 aromatic rings. The lowest BCUT2D eigenvalue weighted by atomic mass is 9.98. The van der Waals surface area contributed by atoms with Crippen LogP contribution in [-0.2, 0) is 4.74 Å². The van der Waals surface area contributed by atoms with Crippen LogP contribution in [0.4, 0.5) is 5.13 Å². The molecule has 0 saturated heterocycles. The van der Waals surface area contributed by atoms with Gasteiger partial charge in [0.25, 0.3) is 5.91 Å². The second kappa shape index (κ2) is 12.4. The summed E-state index contributed by atoms with van der Waals surface area (Å²) in [5.74, 6) is -0.414. The minimum atomic E-state index is -0.821. The Morgan fingerprint density at radius 2 is 1.95 bits per heavy atom. The molecule has 8 nitrogen and oxygen atoms in total. The maximum absolute atomic E-state index is 13.9. The normalized spacial score (nSPS) is 14.4. The van der Waals surface area contributed by atoms with Crippen molar-refractivity contribution in [2.24, 2.45) is 0 Å². The number of hydrogen-bond donors (Lipinski definition) is 0. The van der Waals surface area contributed by atoms with Crippen molar-refractivity contribution in [3.8, 4) is 5.75 Å². The van der Waals surface area contributed by atoms with Crippen LogP contribution in [0.3, 0.4) is 0 Å². The number of carbonyl (C=O) groups excluding carboxylic acids is 2. The lowest BCUT2D eigenvalue weighted by Crippen LogP contribution is -2.29. The first-order valence-electron chi connectivity index (χ1n) is 13.4. The zero-order chi connectivity index (χ0) is 29.1. The number of fused-ring (bicyclic) bond motifs is 2. The van der Waals surface area contributed by atoms with Crippen molar-refractivity contribution in [2.75, 3.05) is 18.1 Å². The van der Waals surface area contributed by atoms with Gasteiger partial charge in [-0.2, -0.15) is 0 Å². The monoisotopic (exact) mass is 636 g/mol. The summed E-state index contributed by atoms with van der Waals surface area (Å²) in [5.41, 5.74) is 1.32. The Morgan fingerprint density at radius 3 is 2.68 bits per heavy atom. The van der Waals surface area contributed by atoms with E-state index in [9.17, 15) is 14.4 Å². The molecule has 1 unspecified atom stereocenters. The highest BCUT2D eigenvalue weighted by molar-refractivity contribution is 9.10. The van der Waals surface area contributed by atoms with E-state index in [4.69, 9.17) is 13.9 Å². The van der Waals surface area contributed by atoms with E-state index in [0.29, 0.717) is 39.1 Å². The van der Waals surface area contributed by atoms with E-state index in [0.717, 1.165) is 30.6 Å². The highest BCUT2D eigenvalue weighted by Crippen LogP contribution is 2.43. The van der Waals surface area contributed by atoms with Gasteiger partial charge in [-0.3, -0.25) is 14.5 Å². The van der Waals surface area contributed by atoms with Crippen LogP contribution in [0, 0.1) is 6.92 Å². The number of amides is 1. The number of unbranched alkanes of at least 4 members (excludes halogenated alkanes) is 3. The zero-order valence-corrected chi connectivity index (χ0v) is 25.2. The van der Waals surface area contributed by atoms with Gasteiger partial charge < -0.3 is 13.9 Å². The number of anilines is 1. The van der Waals surface area contributed by atoms with Gasteiger partial charge in [-0.1, -0.05) is 78.2 Å². The molecule has 5 rings (SSSR count). The van der Waals surface area contributed by atoms with Crippen LogP contribution in [0.1, 0.15) is 75.7 Å². The molecule has 0 saturated carbocycles. The third-order valence-electron chi connectivity index (χ3n) is 6.80. The third kappa shape index (κ3) is 5.71. The van der Waals surface area contributed by atoms with Gasteiger partial charge in [0, 0.05) is 4.47 Å². The zero-order valence-electron chi connectivity index (χ0n) is 22.8. The Bertz CT molecular complexity index is 1680. The second-order valence-corrected chi connectivity index (χ2v) is 11.6. The van der Waals surface area contributed by atoms with Crippen molar-refractivity contribution in [2.45, 2.75) is 45.6 Å². The van der Waals surface area contributed by atoms with E-state index in [1.165, 1.54) is 17.4 Å². The molecule has 0 N–H and O–H groups in total. The fourth-order valence-corrected chi connectivity index (χ4v) is 6.15. The lowest BCUT2D eigenvalue weighted by Gasteiger charge is -2.22. The molecule has 0 aliphatic carbocycles. The van der Waals surface area contributed by atoms with E-state index in [1.54, 1.807) is 25.1 Å². The number of aromatic nitrogens is 1. The Labute approximate surface area is 249 Å². The van der Waals surface area contributed by atoms with Gasteiger partial charge in [0.1, 0.15) is 22.8 Å². The quantitative estimate of drug-likeness (QED) is 0.0962. The summed E-state index contributed by atoms with van der Waals surface area (Å²) >= 11 is 4.45. The first kappa shape index (κ1) is 28.8. The van der Waals surface area contributed by atoms with Crippen molar-refractivity contribution in [1.29, 1.82) is 0 Å². The Balaban J connectivity index is 1.57. The van der Waals surface area contributed by atoms with Crippen LogP contribution < -0.4 is 15.1 Å². The number of carbonyl (C=O) groups is 2. The number of thiazole rings is 1. The number of halogens is 1. The molecule has 2 aromatic heterocycles. The van der Waals surface area contributed by atoms with Gasteiger partial charge in [0.05, 0.1) is 29.3 Å². The Morgan fingerprint density at radius 1 is 1.17 bits per heavy atom. The second-order valence-electron chi connectivity index (χ2n) is 9.67. The van der Waals surface area contributed by atoms with Gasteiger partial charge >= 0.3 is 5.97 Å². The van der Waals surface area contributed by atoms with Gasteiger partial charge in [0.2, 0.25) is 5.76 Å². The molecule has 0 bridgehead atoms. The van der Waals surface area contributed by atoms with E-state index in [-0.39, 0.29) is 33.4 Å². The highest BCUT2D eigenvalue weighted by Gasteiger charge is 2.45. The van der Waals surface area contributed by atoms with Crippen molar-refractivity contribution in [3.63, 3.8) is 0 Å². The summed E-state index contributed by atoms with van der Waals surface area (Å²) in [7, 11) is 0. The van der Waals surface area contributed by atoms with Crippen molar-refractivity contribution in [1.82, 2.24) is 4.98 Å². The summed E-state index contributed by atoms with van der Waals surface area (Å²) in [6, 6.07) is 11.6. The summed E-state index contributed by atoms with van der Waals surface area (Å²) in [4.78, 5) is 46.7. The van der Waals surface area contributed by atoms with E-state index < -0.39 is 17.9 Å². The molecular weight excluding hydrogens is 608 g/mol. The van der Waals surface area contributed by atoms with E-state index >= 15 is 0 Å². The smallest absolute Gasteiger partial charge is 0.350 e. The van der Waals surface area contributed by atoms with Crippen LogP contribution in [0.2, 0.25) is 0 Å². The standard InChI is InChI=1S/C31H29BrN2O6S/c1-4-6-7-8-16-38-21-12-9-19(10-13-21)25-24-26(35)22-17-20(32)11-14-23(22)40-27(24)29(36)34(25)31-33-18(3)28(41-31)30(37)39-15-5-2/h5,9-14,17,25H,2,4,6-8,15-16H2,1,3H3. The summed E-state index contributed by atoms with van der Waals surface area (Å²) in [6.07, 6.45) is 5.89. The van der Waals surface area contributed by atoms with Gasteiger partial charge in [-0.15, -0.1) is 0 Å². The van der Waals surface area contributed by atoms with Crippen molar-refractivity contribution >= 4 is 55.2 Å². The molecule has 41 heavy (non-hydrogen) atoms. The van der Waals surface area contributed by atoms with Crippen LogP contribution >= 0.6 is 27.3 Å².